The number of amides is 1. The van der Waals surface area contributed by atoms with Gasteiger partial charge in [-0.15, -0.1) is 0 Å². The smallest absolute Gasteiger partial charge is 0.348 e. The number of alkyl halides is 3. The first kappa shape index (κ1) is 15.6. The van der Waals surface area contributed by atoms with Crippen LogP contribution in [0, 0.1) is 0 Å². The number of nitrogens with zero attached hydrogens (tertiary/aromatic N) is 2. The van der Waals surface area contributed by atoms with Gasteiger partial charge >= 0.3 is 6.18 Å². The lowest BCUT2D eigenvalue weighted by Crippen LogP contribution is -2.26. The van der Waals surface area contributed by atoms with Gasteiger partial charge in [0.1, 0.15) is 0 Å². The Bertz CT molecular complexity index is 722. The van der Waals surface area contributed by atoms with Gasteiger partial charge in [0.25, 0.3) is 5.91 Å². The van der Waals surface area contributed by atoms with Crippen molar-refractivity contribution < 1.29 is 18.0 Å². The molecular formula is C16H16F3N3O. The molecule has 0 saturated heterocycles. The molecule has 0 aliphatic carbocycles. The molecule has 122 valence electrons. The summed E-state index contributed by atoms with van der Waals surface area (Å²) in [6.07, 6.45) is 0.134. The van der Waals surface area contributed by atoms with E-state index in [0.717, 1.165) is 43.1 Å². The van der Waals surface area contributed by atoms with Gasteiger partial charge in [-0.1, -0.05) is 12.1 Å². The van der Waals surface area contributed by atoms with Gasteiger partial charge in [0.15, 0.2) is 0 Å². The van der Waals surface area contributed by atoms with E-state index in [0.29, 0.717) is 0 Å². The number of fused-ring (bicyclic) bond motifs is 1. The Morgan fingerprint density at radius 2 is 2.04 bits per heavy atom. The summed E-state index contributed by atoms with van der Waals surface area (Å²) >= 11 is 0. The van der Waals surface area contributed by atoms with Crippen molar-refractivity contribution in [2.45, 2.75) is 38.5 Å². The summed E-state index contributed by atoms with van der Waals surface area (Å²) in [5.41, 5.74) is 0.638. The average Bonchev–Trinajstić information content (AvgIpc) is 2.95. The molecule has 0 radical (unpaired) electrons. The number of nitrogens with one attached hydrogen (secondary N) is 1. The molecule has 2 aromatic rings. The second-order valence-electron chi connectivity index (χ2n) is 5.52. The summed E-state index contributed by atoms with van der Waals surface area (Å²) in [6, 6.07) is 4.79. The topological polar surface area (TPSA) is 46.9 Å². The Morgan fingerprint density at radius 1 is 1.26 bits per heavy atom. The van der Waals surface area contributed by atoms with Gasteiger partial charge in [-0.2, -0.15) is 18.3 Å². The number of carbonyl (C=O) groups excluding carboxylic acids is 1. The third-order valence-corrected chi connectivity index (χ3v) is 3.99. The third kappa shape index (κ3) is 3.23. The lowest BCUT2D eigenvalue weighted by atomic mass is 10.1. The maximum absolute atomic E-state index is 13.0. The van der Waals surface area contributed by atoms with Gasteiger partial charge in [-0.05, 0) is 31.4 Å². The second-order valence-corrected chi connectivity index (χ2v) is 5.52. The highest BCUT2D eigenvalue weighted by Gasteiger charge is 2.34. The number of aryl methyl sites for hydroxylation is 1. The van der Waals surface area contributed by atoms with Crippen LogP contribution >= 0.6 is 0 Å². The first-order valence-corrected chi connectivity index (χ1v) is 7.45. The molecule has 7 heteroatoms. The molecule has 0 unspecified atom stereocenters. The predicted octanol–water partition coefficient (Wildman–Crippen LogP) is 3.17. The fourth-order valence-corrected chi connectivity index (χ4v) is 2.83. The number of hydrogen-bond donors (Lipinski definition) is 1. The number of hydrogen-bond acceptors (Lipinski definition) is 2. The summed E-state index contributed by atoms with van der Waals surface area (Å²) in [5, 5.41) is 6.82. The fourth-order valence-electron chi connectivity index (χ4n) is 2.83. The summed E-state index contributed by atoms with van der Waals surface area (Å²) in [7, 11) is 0. The number of carbonyl (C=O) groups is 1. The van der Waals surface area contributed by atoms with Crippen LogP contribution in [0.25, 0.3) is 0 Å². The van der Waals surface area contributed by atoms with Crippen LogP contribution in [0.3, 0.4) is 0 Å². The molecule has 0 atom stereocenters. The van der Waals surface area contributed by atoms with E-state index in [1.807, 2.05) is 4.68 Å². The highest BCUT2D eigenvalue weighted by molar-refractivity contribution is 5.95. The zero-order chi connectivity index (χ0) is 16.4. The first-order chi connectivity index (χ1) is 11.0. The van der Waals surface area contributed by atoms with Gasteiger partial charge in [0.2, 0.25) is 0 Å². The SMILES string of the molecule is O=C(NCc1cnn2c1CCCC2)c1ccccc1C(F)(F)F. The van der Waals surface area contributed by atoms with Gasteiger partial charge in [0.05, 0.1) is 17.3 Å². The van der Waals surface area contributed by atoms with Crippen molar-refractivity contribution in [3.8, 4) is 0 Å². The van der Waals surface area contributed by atoms with Gasteiger partial charge in [-0.25, -0.2) is 0 Å². The van der Waals surface area contributed by atoms with Gasteiger partial charge in [0, 0.05) is 24.3 Å². The van der Waals surface area contributed by atoms with Crippen LogP contribution in [0.2, 0.25) is 0 Å². The molecule has 1 amide bonds. The molecule has 0 saturated carbocycles. The molecule has 0 fully saturated rings. The second kappa shape index (κ2) is 6.06. The van der Waals surface area contributed by atoms with Crippen molar-refractivity contribution in [1.82, 2.24) is 15.1 Å². The van der Waals surface area contributed by atoms with Crippen LogP contribution in [0.15, 0.2) is 30.5 Å². The predicted molar refractivity (Wildman–Crippen MR) is 77.8 cm³/mol. The van der Waals surface area contributed by atoms with Crippen molar-refractivity contribution in [3.63, 3.8) is 0 Å². The molecule has 4 nitrogen and oxygen atoms in total. The van der Waals surface area contributed by atoms with Crippen LogP contribution in [0.4, 0.5) is 13.2 Å². The standard InChI is InChI=1S/C16H16F3N3O/c17-16(18,19)13-6-2-1-5-12(13)15(23)20-9-11-10-21-22-8-4-3-7-14(11)22/h1-2,5-6,10H,3-4,7-9H2,(H,20,23). The Kier molecular flexibility index (Phi) is 4.11. The van der Waals surface area contributed by atoms with E-state index in [1.54, 1.807) is 6.20 Å². The molecule has 3 rings (SSSR count). The van der Waals surface area contributed by atoms with Crippen LogP contribution in [0.1, 0.15) is 40.0 Å². The number of benzene rings is 1. The van der Waals surface area contributed by atoms with Crippen molar-refractivity contribution in [1.29, 1.82) is 0 Å². The lowest BCUT2D eigenvalue weighted by molar-refractivity contribution is -0.137. The quantitative estimate of drug-likeness (QED) is 0.943. The van der Waals surface area contributed by atoms with E-state index in [1.165, 1.54) is 18.2 Å². The van der Waals surface area contributed by atoms with Gasteiger partial charge < -0.3 is 5.32 Å². The van der Waals surface area contributed by atoms with Crippen molar-refractivity contribution >= 4 is 5.91 Å². The minimum atomic E-state index is -4.55. The fraction of sp³-hybridized carbons (Fsp3) is 0.375. The first-order valence-electron chi connectivity index (χ1n) is 7.45. The number of halogens is 3. The van der Waals surface area contributed by atoms with Crippen molar-refractivity contribution in [2.24, 2.45) is 0 Å². The number of rotatable bonds is 3. The Morgan fingerprint density at radius 3 is 2.83 bits per heavy atom. The maximum Gasteiger partial charge on any atom is 0.417 e. The summed E-state index contributed by atoms with van der Waals surface area (Å²) in [5.74, 6) is -0.728. The summed E-state index contributed by atoms with van der Waals surface area (Å²) in [6.45, 7) is 1.03. The van der Waals surface area contributed by atoms with E-state index in [-0.39, 0.29) is 12.1 Å². The van der Waals surface area contributed by atoms with E-state index in [9.17, 15) is 18.0 Å². The minimum Gasteiger partial charge on any atom is -0.348 e. The Hall–Kier alpha value is -2.31. The highest BCUT2D eigenvalue weighted by atomic mass is 19.4. The molecule has 1 aliphatic heterocycles. The van der Waals surface area contributed by atoms with Crippen LogP contribution in [-0.4, -0.2) is 15.7 Å². The zero-order valence-electron chi connectivity index (χ0n) is 12.4. The van der Waals surface area contributed by atoms with Crippen molar-refractivity contribution in [3.05, 3.63) is 52.8 Å². The van der Waals surface area contributed by atoms with Crippen LogP contribution in [0.5, 0.6) is 0 Å². The van der Waals surface area contributed by atoms with E-state index < -0.39 is 17.6 Å². The molecule has 1 aromatic carbocycles. The Balaban J connectivity index is 1.75. The summed E-state index contributed by atoms with van der Waals surface area (Å²) in [4.78, 5) is 12.1. The minimum absolute atomic E-state index is 0.181. The van der Waals surface area contributed by atoms with Crippen molar-refractivity contribution in [2.75, 3.05) is 0 Å². The molecule has 0 bridgehead atoms. The monoisotopic (exact) mass is 323 g/mol. The van der Waals surface area contributed by atoms with Gasteiger partial charge in [-0.3, -0.25) is 9.48 Å². The molecule has 0 spiro atoms. The maximum atomic E-state index is 13.0. The van der Waals surface area contributed by atoms with E-state index in [4.69, 9.17) is 0 Å². The molecule has 2 heterocycles. The number of aromatic nitrogens is 2. The molecule has 23 heavy (non-hydrogen) atoms. The van der Waals surface area contributed by atoms with Crippen LogP contribution in [-0.2, 0) is 25.7 Å². The van der Waals surface area contributed by atoms with E-state index in [2.05, 4.69) is 10.4 Å². The average molecular weight is 323 g/mol. The Labute approximate surface area is 131 Å². The third-order valence-electron chi connectivity index (χ3n) is 3.99. The summed E-state index contributed by atoms with van der Waals surface area (Å²) < 4.78 is 40.8. The largest absolute Gasteiger partial charge is 0.417 e. The normalized spacial score (nSPS) is 14.4. The zero-order valence-corrected chi connectivity index (χ0v) is 12.4. The molecule has 1 aromatic heterocycles. The van der Waals surface area contributed by atoms with Crippen LogP contribution < -0.4 is 5.32 Å². The lowest BCUT2D eigenvalue weighted by Gasteiger charge is -2.15. The van der Waals surface area contributed by atoms with E-state index >= 15 is 0 Å². The molecule has 1 aliphatic rings. The molecular weight excluding hydrogens is 307 g/mol. The molecule has 1 N–H and O–H groups in total. The highest BCUT2D eigenvalue weighted by Crippen LogP contribution is 2.31.